The summed E-state index contributed by atoms with van der Waals surface area (Å²) in [5, 5.41) is 9.99. The second-order valence-electron chi connectivity index (χ2n) is 7.80. The Morgan fingerprint density at radius 3 is 2.09 bits per heavy atom. The van der Waals surface area contributed by atoms with Crippen LogP contribution < -0.4 is 0 Å². The number of halogens is 1. The van der Waals surface area contributed by atoms with Crippen LogP contribution in [-0.2, 0) is 17.3 Å². The molecule has 1 nitrogen and oxygen atoms in total. The van der Waals surface area contributed by atoms with E-state index in [1.54, 1.807) is 0 Å². The van der Waals surface area contributed by atoms with Crippen molar-refractivity contribution in [1.82, 2.24) is 0 Å². The lowest BCUT2D eigenvalue weighted by Gasteiger charge is -2.30. The van der Waals surface area contributed by atoms with Gasteiger partial charge in [-0.05, 0) is 58.2 Å². The van der Waals surface area contributed by atoms with E-state index in [0.717, 1.165) is 17.0 Å². The van der Waals surface area contributed by atoms with Crippen molar-refractivity contribution >= 4 is 11.6 Å². The molecule has 2 heteroatoms. The normalized spacial score (nSPS) is 12.0. The number of hydrogen-bond donors (Lipinski definition) is 0. The van der Waals surface area contributed by atoms with Gasteiger partial charge in [0.1, 0.15) is 0 Å². The van der Waals surface area contributed by atoms with Gasteiger partial charge >= 0.3 is 0 Å². The smallest absolute Gasteiger partial charge is 0.0991 e. The molecule has 0 spiro atoms. The molecule has 0 heterocycles. The predicted molar refractivity (Wildman–Crippen MR) is 98.0 cm³/mol. The summed E-state index contributed by atoms with van der Waals surface area (Å²) >= 11 is 6.01. The van der Waals surface area contributed by atoms with Crippen LogP contribution in [0, 0.1) is 11.3 Å². The third-order valence-corrected chi connectivity index (χ3v) is 4.55. The maximum atomic E-state index is 9.24. The standard InChI is InChI=1S/C21H24ClN/c1-20(2,3)19-11-6-15(14-23)12-16(19)13-21(4,5)17-7-9-18(22)10-8-17/h6-12H,13H2,1-5H3. The molecule has 2 aromatic rings. The molecule has 0 aliphatic carbocycles. The molecule has 0 aliphatic heterocycles. The summed E-state index contributed by atoms with van der Waals surface area (Å²) in [5.41, 5.74) is 4.55. The van der Waals surface area contributed by atoms with Crippen LogP contribution in [0.4, 0.5) is 0 Å². The van der Waals surface area contributed by atoms with Crippen LogP contribution in [0.25, 0.3) is 0 Å². The first-order valence-electron chi connectivity index (χ1n) is 7.93. The number of nitriles is 1. The summed E-state index contributed by atoms with van der Waals surface area (Å²) in [7, 11) is 0. The molecule has 2 aromatic carbocycles. The highest BCUT2D eigenvalue weighted by Crippen LogP contribution is 2.34. The van der Waals surface area contributed by atoms with Gasteiger partial charge in [0.15, 0.2) is 0 Å². The Kier molecular flexibility index (Phi) is 4.87. The van der Waals surface area contributed by atoms with Crippen molar-refractivity contribution in [1.29, 1.82) is 5.26 Å². The third-order valence-electron chi connectivity index (χ3n) is 4.30. The maximum absolute atomic E-state index is 9.24. The third kappa shape index (κ3) is 4.15. The van der Waals surface area contributed by atoms with Gasteiger partial charge in [0, 0.05) is 5.02 Å². The average Bonchev–Trinajstić information content (AvgIpc) is 2.46. The van der Waals surface area contributed by atoms with E-state index in [1.807, 2.05) is 24.3 Å². The first kappa shape index (κ1) is 17.6. The van der Waals surface area contributed by atoms with Gasteiger partial charge in [0.05, 0.1) is 11.6 Å². The summed E-state index contributed by atoms with van der Waals surface area (Å²) in [6.07, 6.45) is 0.886. The highest BCUT2D eigenvalue weighted by Gasteiger charge is 2.26. The molecule has 0 atom stereocenters. The fourth-order valence-corrected chi connectivity index (χ4v) is 3.15. The topological polar surface area (TPSA) is 23.8 Å². The SMILES string of the molecule is CC(C)(C)c1ccc(C#N)cc1CC(C)(C)c1ccc(Cl)cc1. The number of hydrogen-bond acceptors (Lipinski definition) is 1. The zero-order chi connectivity index (χ0) is 17.3. The summed E-state index contributed by atoms with van der Waals surface area (Å²) in [6.45, 7) is 11.1. The van der Waals surface area contributed by atoms with E-state index in [2.05, 4.69) is 58.9 Å². The Morgan fingerprint density at radius 2 is 1.57 bits per heavy atom. The molecule has 0 N–H and O–H groups in total. The summed E-state index contributed by atoms with van der Waals surface area (Å²) < 4.78 is 0. The van der Waals surface area contributed by atoms with Crippen molar-refractivity contribution in [2.24, 2.45) is 0 Å². The molecule has 0 amide bonds. The van der Waals surface area contributed by atoms with E-state index in [-0.39, 0.29) is 10.8 Å². The van der Waals surface area contributed by atoms with E-state index >= 15 is 0 Å². The Balaban J connectivity index is 2.45. The van der Waals surface area contributed by atoms with Crippen LogP contribution in [0.3, 0.4) is 0 Å². The first-order valence-corrected chi connectivity index (χ1v) is 8.31. The van der Waals surface area contributed by atoms with Gasteiger partial charge < -0.3 is 0 Å². The molecular weight excluding hydrogens is 302 g/mol. The van der Waals surface area contributed by atoms with Crippen LogP contribution >= 0.6 is 11.6 Å². The minimum Gasteiger partial charge on any atom is -0.192 e. The predicted octanol–water partition coefficient (Wildman–Crippen LogP) is 6.03. The molecule has 0 radical (unpaired) electrons. The molecular formula is C21H24ClN. The van der Waals surface area contributed by atoms with E-state index in [1.165, 1.54) is 16.7 Å². The van der Waals surface area contributed by atoms with Crippen molar-refractivity contribution < 1.29 is 0 Å². The molecule has 2 rings (SSSR count). The Labute approximate surface area is 144 Å². The fourth-order valence-electron chi connectivity index (χ4n) is 3.02. The molecule has 0 fully saturated rings. The minimum absolute atomic E-state index is 0.0291. The Hall–Kier alpha value is -1.78. The quantitative estimate of drug-likeness (QED) is 0.676. The van der Waals surface area contributed by atoms with Crippen molar-refractivity contribution in [3.8, 4) is 6.07 Å². The van der Waals surface area contributed by atoms with Crippen LogP contribution in [0.5, 0.6) is 0 Å². The van der Waals surface area contributed by atoms with Gasteiger partial charge in [-0.2, -0.15) is 5.26 Å². The summed E-state index contributed by atoms with van der Waals surface area (Å²) in [5.74, 6) is 0. The molecule has 0 unspecified atom stereocenters. The fraction of sp³-hybridized carbons (Fsp3) is 0.381. The zero-order valence-corrected chi connectivity index (χ0v) is 15.3. The minimum atomic E-state index is -0.0291. The van der Waals surface area contributed by atoms with Crippen molar-refractivity contribution in [3.05, 3.63) is 69.7 Å². The van der Waals surface area contributed by atoms with Gasteiger partial charge in [-0.1, -0.05) is 64.4 Å². The van der Waals surface area contributed by atoms with Crippen LogP contribution in [0.15, 0.2) is 42.5 Å². The highest BCUT2D eigenvalue weighted by atomic mass is 35.5. The molecule has 23 heavy (non-hydrogen) atoms. The lowest BCUT2D eigenvalue weighted by molar-refractivity contribution is 0.506. The molecule has 0 bridgehead atoms. The Bertz CT molecular complexity index is 728. The molecule has 0 aliphatic rings. The number of nitrogens with zero attached hydrogens (tertiary/aromatic N) is 1. The largest absolute Gasteiger partial charge is 0.192 e. The monoisotopic (exact) mass is 325 g/mol. The van der Waals surface area contributed by atoms with Crippen molar-refractivity contribution in [2.75, 3.05) is 0 Å². The van der Waals surface area contributed by atoms with Gasteiger partial charge in [-0.3, -0.25) is 0 Å². The van der Waals surface area contributed by atoms with E-state index in [9.17, 15) is 5.26 Å². The van der Waals surface area contributed by atoms with E-state index in [4.69, 9.17) is 11.6 Å². The van der Waals surface area contributed by atoms with Crippen molar-refractivity contribution in [2.45, 2.75) is 51.9 Å². The first-order chi connectivity index (χ1) is 10.6. The van der Waals surface area contributed by atoms with E-state index in [0.29, 0.717) is 0 Å². The van der Waals surface area contributed by atoms with Crippen LogP contribution in [0.1, 0.15) is 56.9 Å². The lowest BCUT2D eigenvalue weighted by atomic mass is 9.74. The molecule has 0 saturated heterocycles. The van der Waals surface area contributed by atoms with Gasteiger partial charge in [0.2, 0.25) is 0 Å². The Morgan fingerprint density at radius 1 is 0.957 bits per heavy atom. The van der Waals surface area contributed by atoms with Crippen LogP contribution in [-0.4, -0.2) is 0 Å². The lowest BCUT2D eigenvalue weighted by Crippen LogP contribution is -2.24. The number of benzene rings is 2. The van der Waals surface area contributed by atoms with E-state index < -0.39 is 0 Å². The maximum Gasteiger partial charge on any atom is 0.0991 e. The second kappa shape index (κ2) is 6.38. The van der Waals surface area contributed by atoms with Gasteiger partial charge in [0.25, 0.3) is 0 Å². The van der Waals surface area contributed by atoms with Gasteiger partial charge in [-0.25, -0.2) is 0 Å². The molecule has 0 aromatic heterocycles. The zero-order valence-electron chi connectivity index (χ0n) is 14.6. The van der Waals surface area contributed by atoms with Crippen LogP contribution in [0.2, 0.25) is 5.02 Å². The van der Waals surface area contributed by atoms with Crippen molar-refractivity contribution in [3.63, 3.8) is 0 Å². The molecule has 0 saturated carbocycles. The molecule has 120 valence electrons. The van der Waals surface area contributed by atoms with Gasteiger partial charge in [-0.15, -0.1) is 0 Å². The highest BCUT2D eigenvalue weighted by molar-refractivity contribution is 6.30. The average molecular weight is 326 g/mol. The number of rotatable bonds is 3. The summed E-state index contributed by atoms with van der Waals surface area (Å²) in [4.78, 5) is 0. The summed E-state index contributed by atoms with van der Waals surface area (Å²) in [6, 6.07) is 16.4. The second-order valence-corrected chi connectivity index (χ2v) is 8.24.